The highest BCUT2D eigenvalue weighted by molar-refractivity contribution is 5.82. The van der Waals surface area contributed by atoms with Crippen LogP contribution in [0.2, 0.25) is 0 Å². The van der Waals surface area contributed by atoms with E-state index in [9.17, 15) is 22.4 Å². The first-order chi connectivity index (χ1) is 10.8. The second kappa shape index (κ2) is 7.29. The number of benzene rings is 1. The maximum Gasteiger partial charge on any atom is 0.471 e. The van der Waals surface area contributed by atoms with Gasteiger partial charge in [-0.2, -0.15) is 13.2 Å². The number of likely N-dealkylation sites (tertiary alicyclic amines) is 1. The molecule has 1 aromatic rings. The fourth-order valence-electron chi connectivity index (χ4n) is 2.91. The molecule has 1 saturated heterocycles. The molecule has 7 heteroatoms. The first kappa shape index (κ1) is 17.7. The first-order valence-corrected chi connectivity index (χ1v) is 7.66. The number of hydrogen-bond acceptors (Lipinski definition) is 2. The van der Waals surface area contributed by atoms with Crippen LogP contribution in [0.5, 0.6) is 0 Å². The number of amides is 1. The molecule has 0 saturated carbocycles. The largest absolute Gasteiger partial charge is 0.471 e. The molecule has 1 heterocycles. The lowest BCUT2D eigenvalue weighted by atomic mass is 10.1. The second-order valence-corrected chi connectivity index (χ2v) is 5.71. The van der Waals surface area contributed by atoms with E-state index < -0.39 is 23.9 Å². The van der Waals surface area contributed by atoms with E-state index in [0.717, 1.165) is 11.4 Å². The van der Waals surface area contributed by atoms with Gasteiger partial charge in [0, 0.05) is 25.7 Å². The number of alkyl halides is 3. The van der Waals surface area contributed by atoms with Crippen LogP contribution in [0.25, 0.3) is 0 Å². The van der Waals surface area contributed by atoms with Crippen LogP contribution < -0.4 is 0 Å². The van der Waals surface area contributed by atoms with Crippen molar-refractivity contribution in [1.29, 1.82) is 0 Å². The van der Waals surface area contributed by atoms with Crippen molar-refractivity contribution in [2.24, 2.45) is 0 Å². The zero-order chi connectivity index (χ0) is 17.0. The van der Waals surface area contributed by atoms with Crippen LogP contribution in [0.4, 0.5) is 17.6 Å². The van der Waals surface area contributed by atoms with Gasteiger partial charge in [-0.15, -0.1) is 0 Å². The van der Waals surface area contributed by atoms with Crippen LogP contribution in [0.1, 0.15) is 18.9 Å². The molecule has 0 spiro atoms. The minimum absolute atomic E-state index is 0.0655. The van der Waals surface area contributed by atoms with E-state index in [2.05, 4.69) is 0 Å². The summed E-state index contributed by atoms with van der Waals surface area (Å²) in [5.74, 6) is -2.24. The SMILES string of the molecule is CCN1CC[C@@H](N(CCc2cccc(F)c2)C(=O)C(F)(F)F)C1. The van der Waals surface area contributed by atoms with E-state index >= 15 is 0 Å². The van der Waals surface area contributed by atoms with Crippen molar-refractivity contribution in [3.63, 3.8) is 0 Å². The van der Waals surface area contributed by atoms with Gasteiger partial charge in [-0.05, 0) is 37.1 Å². The van der Waals surface area contributed by atoms with Crippen LogP contribution in [0.15, 0.2) is 24.3 Å². The average Bonchev–Trinajstić information content (AvgIpc) is 2.95. The fraction of sp³-hybridized carbons (Fsp3) is 0.562. The quantitative estimate of drug-likeness (QED) is 0.774. The highest BCUT2D eigenvalue weighted by Gasteiger charge is 2.45. The summed E-state index contributed by atoms with van der Waals surface area (Å²) in [6.45, 7) is 3.74. The van der Waals surface area contributed by atoms with Gasteiger partial charge in [0.15, 0.2) is 0 Å². The Kier molecular flexibility index (Phi) is 5.62. The van der Waals surface area contributed by atoms with Crippen LogP contribution in [-0.4, -0.2) is 54.1 Å². The molecule has 1 aromatic carbocycles. The van der Waals surface area contributed by atoms with Crippen molar-refractivity contribution in [2.75, 3.05) is 26.2 Å². The summed E-state index contributed by atoms with van der Waals surface area (Å²) in [6.07, 6.45) is -4.16. The van der Waals surface area contributed by atoms with E-state index in [0.29, 0.717) is 25.1 Å². The number of likely N-dealkylation sites (N-methyl/N-ethyl adjacent to an activating group) is 1. The van der Waals surface area contributed by atoms with Crippen LogP contribution in [-0.2, 0) is 11.2 Å². The van der Waals surface area contributed by atoms with Gasteiger partial charge >= 0.3 is 12.1 Å². The Balaban J connectivity index is 2.09. The molecule has 0 aromatic heterocycles. The molecule has 1 atom stereocenters. The smallest absolute Gasteiger partial charge is 0.330 e. The summed E-state index contributed by atoms with van der Waals surface area (Å²) in [4.78, 5) is 14.7. The van der Waals surface area contributed by atoms with Gasteiger partial charge in [-0.1, -0.05) is 19.1 Å². The highest BCUT2D eigenvalue weighted by Crippen LogP contribution is 2.24. The highest BCUT2D eigenvalue weighted by atomic mass is 19.4. The lowest BCUT2D eigenvalue weighted by molar-refractivity contribution is -0.187. The molecule has 128 valence electrons. The summed E-state index contributed by atoms with van der Waals surface area (Å²) in [6, 6.07) is 5.26. The zero-order valence-electron chi connectivity index (χ0n) is 12.9. The number of carbonyl (C=O) groups is 1. The van der Waals surface area contributed by atoms with Crippen LogP contribution in [0, 0.1) is 5.82 Å². The third kappa shape index (κ3) is 4.67. The van der Waals surface area contributed by atoms with E-state index in [4.69, 9.17) is 0 Å². The Bertz CT molecular complexity index is 547. The predicted octanol–water partition coefficient (Wildman–Crippen LogP) is 2.85. The van der Waals surface area contributed by atoms with Crippen molar-refractivity contribution >= 4 is 5.91 Å². The average molecular weight is 332 g/mol. The molecule has 3 nitrogen and oxygen atoms in total. The molecular weight excluding hydrogens is 312 g/mol. The molecule has 2 rings (SSSR count). The number of hydrogen-bond donors (Lipinski definition) is 0. The van der Waals surface area contributed by atoms with Gasteiger partial charge in [0.05, 0.1) is 0 Å². The third-order valence-corrected chi connectivity index (χ3v) is 4.17. The normalized spacial score (nSPS) is 19.1. The summed E-state index contributed by atoms with van der Waals surface area (Å²) in [5.41, 5.74) is 0.579. The Hall–Kier alpha value is -1.63. The summed E-state index contributed by atoms with van der Waals surface area (Å²) >= 11 is 0. The number of carbonyl (C=O) groups excluding carboxylic acids is 1. The minimum atomic E-state index is -4.89. The summed E-state index contributed by atoms with van der Waals surface area (Å²) in [5, 5.41) is 0. The first-order valence-electron chi connectivity index (χ1n) is 7.66. The minimum Gasteiger partial charge on any atom is -0.330 e. The molecule has 0 unspecified atom stereocenters. The van der Waals surface area contributed by atoms with Gasteiger partial charge in [0.2, 0.25) is 0 Å². The van der Waals surface area contributed by atoms with Gasteiger partial charge in [0.25, 0.3) is 0 Å². The second-order valence-electron chi connectivity index (χ2n) is 5.71. The Morgan fingerprint density at radius 1 is 1.39 bits per heavy atom. The number of halogens is 4. The van der Waals surface area contributed by atoms with E-state index in [1.165, 1.54) is 18.2 Å². The van der Waals surface area contributed by atoms with Gasteiger partial charge < -0.3 is 9.80 Å². The summed E-state index contributed by atoms with van der Waals surface area (Å²) < 4.78 is 51.7. The lowest BCUT2D eigenvalue weighted by Gasteiger charge is -2.30. The lowest BCUT2D eigenvalue weighted by Crippen LogP contribution is -2.49. The van der Waals surface area contributed by atoms with E-state index in [1.54, 1.807) is 6.07 Å². The maximum atomic E-state index is 13.2. The molecule has 0 radical (unpaired) electrons. The van der Waals surface area contributed by atoms with Crippen LogP contribution in [0.3, 0.4) is 0 Å². The predicted molar refractivity (Wildman–Crippen MR) is 78.4 cm³/mol. The topological polar surface area (TPSA) is 23.6 Å². The monoisotopic (exact) mass is 332 g/mol. The summed E-state index contributed by atoms with van der Waals surface area (Å²) in [7, 11) is 0. The van der Waals surface area contributed by atoms with Crippen molar-refractivity contribution in [3.8, 4) is 0 Å². The molecule has 0 aliphatic carbocycles. The van der Waals surface area contributed by atoms with Crippen LogP contribution >= 0.6 is 0 Å². The standard InChI is InChI=1S/C16H20F4N2O/c1-2-21-8-7-14(11-21)22(15(23)16(18,19)20)9-6-12-4-3-5-13(17)10-12/h3-5,10,14H,2,6-9,11H2,1H3/t14-/m1/s1. The molecule has 1 aliphatic heterocycles. The molecule has 0 bridgehead atoms. The van der Waals surface area contributed by atoms with Gasteiger partial charge in [-0.25, -0.2) is 4.39 Å². The molecule has 0 N–H and O–H groups in total. The third-order valence-electron chi connectivity index (χ3n) is 4.17. The molecule has 1 aliphatic rings. The van der Waals surface area contributed by atoms with E-state index in [-0.39, 0.29) is 13.0 Å². The zero-order valence-corrected chi connectivity index (χ0v) is 12.9. The van der Waals surface area contributed by atoms with Crippen molar-refractivity contribution < 1.29 is 22.4 Å². The molecule has 23 heavy (non-hydrogen) atoms. The van der Waals surface area contributed by atoms with Gasteiger partial charge in [-0.3, -0.25) is 4.79 Å². The van der Waals surface area contributed by atoms with Gasteiger partial charge in [0.1, 0.15) is 5.82 Å². The maximum absolute atomic E-state index is 13.2. The van der Waals surface area contributed by atoms with E-state index in [1.807, 2.05) is 11.8 Å². The Labute approximate surface area is 132 Å². The Morgan fingerprint density at radius 3 is 2.70 bits per heavy atom. The molecule has 1 amide bonds. The number of nitrogens with zero attached hydrogens (tertiary/aromatic N) is 2. The fourth-order valence-corrected chi connectivity index (χ4v) is 2.91. The number of rotatable bonds is 5. The molecule has 1 fully saturated rings. The molecular formula is C16H20F4N2O. The Morgan fingerprint density at radius 2 is 2.13 bits per heavy atom. The van der Waals surface area contributed by atoms with Crippen molar-refractivity contribution in [3.05, 3.63) is 35.6 Å². The van der Waals surface area contributed by atoms with Crippen molar-refractivity contribution in [1.82, 2.24) is 9.80 Å². The van der Waals surface area contributed by atoms with Crippen molar-refractivity contribution in [2.45, 2.75) is 32.0 Å².